The molecule has 0 amide bonds. The van der Waals surface area contributed by atoms with Gasteiger partial charge in [-0.25, -0.2) is 0 Å². The Balaban J connectivity index is 1.99. The second kappa shape index (κ2) is 7.14. The minimum atomic E-state index is 0.187. The number of methoxy groups -OCH3 is 1. The molecular formula is C17H29N3O. The van der Waals surface area contributed by atoms with Crippen LogP contribution in [0.15, 0.2) is 24.3 Å². The van der Waals surface area contributed by atoms with Crippen LogP contribution in [-0.2, 0) is 0 Å². The van der Waals surface area contributed by atoms with E-state index in [0.717, 1.165) is 51.3 Å². The smallest absolute Gasteiger partial charge is 0.119 e. The summed E-state index contributed by atoms with van der Waals surface area (Å²) in [5, 5.41) is 0. The first-order valence-electron chi connectivity index (χ1n) is 8.03. The van der Waals surface area contributed by atoms with Crippen molar-refractivity contribution >= 4 is 5.69 Å². The lowest BCUT2D eigenvalue weighted by atomic mass is 9.90. The van der Waals surface area contributed by atoms with Crippen molar-refractivity contribution in [2.75, 3.05) is 44.7 Å². The van der Waals surface area contributed by atoms with Crippen LogP contribution < -0.4 is 15.4 Å². The molecule has 118 valence electrons. The molecule has 1 aromatic rings. The van der Waals surface area contributed by atoms with Crippen LogP contribution in [0.25, 0.3) is 0 Å². The highest BCUT2D eigenvalue weighted by Gasteiger charge is 2.34. The van der Waals surface area contributed by atoms with E-state index in [4.69, 9.17) is 10.5 Å². The molecule has 0 saturated carbocycles. The van der Waals surface area contributed by atoms with Crippen LogP contribution in [0.4, 0.5) is 5.69 Å². The molecule has 1 fully saturated rings. The van der Waals surface area contributed by atoms with Crippen molar-refractivity contribution in [2.45, 2.75) is 32.2 Å². The Kier molecular flexibility index (Phi) is 5.48. The van der Waals surface area contributed by atoms with Crippen LogP contribution in [-0.4, -0.2) is 50.3 Å². The fraction of sp³-hybridized carbons (Fsp3) is 0.647. The molecule has 0 spiro atoms. The molecule has 0 unspecified atom stereocenters. The zero-order chi connectivity index (χ0) is 15.3. The van der Waals surface area contributed by atoms with Gasteiger partial charge < -0.3 is 15.4 Å². The fourth-order valence-electron chi connectivity index (χ4n) is 3.35. The second-order valence-electron chi connectivity index (χ2n) is 5.81. The number of hydrogen-bond donors (Lipinski definition) is 1. The largest absolute Gasteiger partial charge is 0.497 e. The molecule has 1 heterocycles. The number of nitrogens with two attached hydrogens (primary N) is 1. The third-order valence-corrected chi connectivity index (χ3v) is 5.08. The molecule has 2 rings (SSSR count). The summed E-state index contributed by atoms with van der Waals surface area (Å²) < 4.78 is 5.22. The Morgan fingerprint density at radius 2 is 1.62 bits per heavy atom. The van der Waals surface area contributed by atoms with E-state index in [9.17, 15) is 0 Å². The van der Waals surface area contributed by atoms with Gasteiger partial charge in [0, 0.05) is 44.0 Å². The minimum Gasteiger partial charge on any atom is -0.497 e. The van der Waals surface area contributed by atoms with Crippen molar-refractivity contribution in [2.24, 2.45) is 5.73 Å². The van der Waals surface area contributed by atoms with Gasteiger partial charge in [0.15, 0.2) is 0 Å². The predicted molar refractivity (Wildman–Crippen MR) is 89.1 cm³/mol. The van der Waals surface area contributed by atoms with Crippen molar-refractivity contribution in [1.29, 1.82) is 0 Å². The summed E-state index contributed by atoms with van der Waals surface area (Å²) in [5.74, 6) is 0.913. The number of rotatable bonds is 6. The average molecular weight is 291 g/mol. The van der Waals surface area contributed by atoms with E-state index < -0.39 is 0 Å². The molecule has 0 aliphatic carbocycles. The summed E-state index contributed by atoms with van der Waals surface area (Å²) in [6.07, 6.45) is 2.26. The van der Waals surface area contributed by atoms with Crippen molar-refractivity contribution < 1.29 is 4.74 Å². The molecule has 1 aliphatic rings. The molecule has 0 radical (unpaired) electrons. The Labute approximate surface area is 128 Å². The van der Waals surface area contributed by atoms with Gasteiger partial charge in [-0.05, 0) is 37.1 Å². The monoisotopic (exact) mass is 291 g/mol. The highest BCUT2D eigenvalue weighted by Crippen LogP contribution is 2.26. The van der Waals surface area contributed by atoms with Crippen LogP contribution in [0, 0.1) is 0 Å². The molecule has 0 atom stereocenters. The van der Waals surface area contributed by atoms with Crippen LogP contribution >= 0.6 is 0 Å². The van der Waals surface area contributed by atoms with Crippen LogP contribution in [0.5, 0.6) is 5.75 Å². The van der Waals surface area contributed by atoms with E-state index in [0.29, 0.717) is 0 Å². The number of nitrogens with zero attached hydrogens (tertiary/aromatic N) is 2. The van der Waals surface area contributed by atoms with Crippen molar-refractivity contribution in [3.05, 3.63) is 24.3 Å². The van der Waals surface area contributed by atoms with Gasteiger partial charge in [-0.15, -0.1) is 0 Å². The van der Waals surface area contributed by atoms with Gasteiger partial charge in [-0.3, -0.25) is 4.90 Å². The third-order valence-electron chi connectivity index (χ3n) is 5.08. The normalized spacial score (nSPS) is 17.0. The quantitative estimate of drug-likeness (QED) is 0.873. The highest BCUT2D eigenvalue weighted by molar-refractivity contribution is 5.49. The molecule has 1 aromatic carbocycles. The summed E-state index contributed by atoms with van der Waals surface area (Å²) in [4.78, 5) is 5.04. The van der Waals surface area contributed by atoms with Gasteiger partial charge in [0.05, 0.1) is 7.11 Å². The van der Waals surface area contributed by atoms with Crippen LogP contribution in [0.2, 0.25) is 0 Å². The maximum absolute atomic E-state index is 6.07. The van der Waals surface area contributed by atoms with E-state index in [-0.39, 0.29) is 5.54 Å². The third kappa shape index (κ3) is 3.33. The highest BCUT2D eigenvalue weighted by atomic mass is 16.5. The predicted octanol–water partition coefficient (Wildman–Crippen LogP) is 2.33. The first-order chi connectivity index (χ1) is 10.2. The SMILES string of the molecule is CCC(CC)(CN)N1CCN(c2ccc(OC)cc2)CC1. The standard InChI is InChI=1S/C17H29N3O/c1-4-17(5-2,14-18)20-12-10-19(11-13-20)15-6-8-16(21-3)9-7-15/h6-9H,4-5,10-14,18H2,1-3H3. The van der Waals surface area contributed by atoms with Gasteiger partial charge in [-0.2, -0.15) is 0 Å². The fourth-order valence-corrected chi connectivity index (χ4v) is 3.35. The average Bonchev–Trinajstić information content (AvgIpc) is 2.58. The van der Waals surface area contributed by atoms with Gasteiger partial charge >= 0.3 is 0 Å². The molecular weight excluding hydrogens is 262 g/mol. The lowest BCUT2D eigenvalue weighted by Gasteiger charge is -2.47. The number of anilines is 1. The van der Waals surface area contributed by atoms with Crippen LogP contribution in [0.3, 0.4) is 0 Å². The zero-order valence-corrected chi connectivity index (χ0v) is 13.6. The maximum Gasteiger partial charge on any atom is 0.119 e. The van der Waals surface area contributed by atoms with E-state index in [2.05, 4.69) is 35.8 Å². The lowest BCUT2D eigenvalue weighted by Crippen LogP contribution is -2.59. The lowest BCUT2D eigenvalue weighted by molar-refractivity contribution is 0.0786. The van der Waals surface area contributed by atoms with E-state index >= 15 is 0 Å². The number of piperazine rings is 1. The van der Waals surface area contributed by atoms with Crippen LogP contribution in [0.1, 0.15) is 26.7 Å². The molecule has 4 nitrogen and oxygen atoms in total. The Bertz CT molecular complexity index is 412. The maximum atomic E-state index is 6.07. The Morgan fingerprint density at radius 3 is 2.05 bits per heavy atom. The van der Waals surface area contributed by atoms with Crippen molar-refractivity contribution in [1.82, 2.24) is 4.90 Å². The molecule has 0 aromatic heterocycles. The van der Waals surface area contributed by atoms with E-state index in [1.165, 1.54) is 5.69 Å². The molecule has 0 bridgehead atoms. The Hall–Kier alpha value is -1.26. The zero-order valence-electron chi connectivity index (χ0n) is 13.6. The summed E-state index contributed by atoms with van der Waals surface area (Å²) in [6.45, 7) is 9.57. The Morgan fingerprint density at radius 1 is 1.05 bits per heavy atom. The van der Waals surface area contributed by atoms with Crippen molar-refractivity contribution in [3.8, 4) is 5.75 Å². The van der Waals surface area contributed by atoms with Gasteiger partial charge in [-0.1, -0.05) is 13.8 Å². The first-order valence-corrected chi connectivity index (χ1v) is 8.03. The molecule has 21 heavy (non-hydrogen) atoms. The van der Waals surface area contributed by atoms with Gasteiger partial charge in [0.2, 0.25) is 0 Å². The first kappa shape index (κ1) is 16.1. The summed E-state index contributed by atoms with van der Waals surface area (Å²) >= 11 is 0. The molecule has 4 heteroatoms. The second-order valence-corrected chi connectivity index (χ2v) is 5.81. The van der Waals surface area contributed by atoms with Gasteiger partial charge in [0.25, 0.3) is 0 Å². The number of hydrogen-bond acceptors (Lipinski definition) is 4. The van der Waals surface area contributed by atoms with Gasteiger partial charge in [0.1, 0.15) is 5.75 Å². The summed E-state index contributed by atoms with van der Waals surface area (Å²) in [7, 11) is 1.70. The minimum absolute atomic E-state index is 0.187. The van der Waals surface area contributed by atoms with E-state index in [1.54, 1.807) is 7.11 Å². The summed E-state index contributed by atoms with van der Waals surface area (Å²) in [5.41, 5.74) is 7.53. The summed E-state index contributed by atoms with van der Waals surface area (Å²) in [6, 6.07) is 8.35. The molecule has 1 aliphatic heterocycles. The van der Waals surface area contributed by atoms with E-state index in [1.807, 2.05) is 12.1 Å². The molecule has 1 saturated heterocycles. The number of benzene rings is 1. The van der Waals surface area contributed by atoms with Crippen molar-refractivity contribution in [3.63, 3.8) is 0 Å². The topological polar surface area (TPSA) is 41.7 Å². The molecule has 2 N–H and O–H groups in total. The number of ether oxygens (including phenoxy) is 1.